The van der Waals surface area contributed by atoms with Gasteiger partial charge >= 0.3 is 0 Å². The van der Waals surface area contributed by atoms with E-state index in [2.05, 4.69) is 42.6 Å². The van der Waals surface area contributed by atoms with Crippen molar-refractivity contribution in [2.75, 3.05) is 11.9 Å². The number of aromatic nitrogens is 2. The number of hydrogen-bond donors (Lipinski definition) is 1. The van der Waals surface area contributed by atoms with Crippen LogP contribution in [0.25, 0.3) is 0 Å². The van der Waals surface area contributed by atoms with Crippen molar-refractivity contribution in [3.05, 3.63) is 53.0 Å². The van der Waals surface area contributed by atoms with E-state index in [0.717, 1.165) is 31.0 Å². The Morgan fingerprint density at radius 3 is 2.62 bits per heavy atom. The number of benzene rings is 1. The number of anilines is 1. The quantitative estimate of drug-likeness (QED) is 0.931. The normalized spacial score (nSPS) is 18.3. The van der Waals surface area contributed by atoms with E-state index >= 15 is 0 Å². The van der Waals surface area contributed by atoms with Gasteiger partial charge in [-0.05, 0) is 44.6 Å². The van der Waals surface area contributed by atoms with Crippen LogP contribution in [0.1, 0.15) is 48.8 Å². The lowest BCUT2D eigenvalue weighted by atomic mass is 9.95. The molecule has 1 aromatic carbocycles. The van der Waals surface area contributed by atoms with Crippen LogP contribution >= 0.6 is 0 Å². The highest BCUT2D eigenvalue weighted by Crippen LogP contribution is 2.52. The van der Waals surface area contributed by atoms with Gasteiger partial charge in [-0.1, -0.05) is 30.3 Å². The third-order valence-electron chi connectivity index (χ3n) is 4.78. The smallest absolute Gasteiger partial charge is 0.141 e. The number of aryl methyl sites for hydroxylation is 1. The Kier molecular flexibility index (Phi) is 2.95. The molecular weight excluding hydrogens is 258 g/mol. The molecule has 3 nitrogen and oxygen atoms in total. The lowest BCUT2D eigenvalue weighted by Gasteiger charge is -2.18. The summed E-state index contributed by atoms with van der Waals surface area (Å²) < 4.78 is 0. The molecule has 1 fully saturated rings. The number of nitrogens with one attached hydrogen (secondary N) is 1. The van der Waals surface area contributed by atoms with E-state index in [4.69, 9.17) is 9.97 Å². The molecule has 4 rings (SSSR count). The van der Waals surface area contributed by atoms with Gasteiger partial charge in [-0.15, -0.1) is 0 Å². The Balaban J connectivity index is 1.81. The predicted molar refractivity (Wildman–Crippen MR) is 84.7 cm³/mol. The second-order valence-electron chi connectivity index (χ2n) is 6.15. The zero-order valence-corrected chi connectivity index (χ0v) is 12.5. The maximum absolute atomic E-state index is 4.96. The van der Waals surface area contributed by atoms with Gasteiger partial charge in [-0.3, -0.25) is 0 Å². The summed E-state index contributed by atoms with van der Waals surface area (Å²) >= 11 is 0. The van der Waals surface area contributed by atoms with Crippen LogP contribution in [0, 0.1) is 0 Å². The van der Waals surface area contributed by atoms with Crippen LogP contribution in [0.15, 0.2) is 30.3 Å². The fourth-order valence-electron chi connectivity index (χ4n) is 3.48. The minimum Gasteiger partial charge on any atom is -0.370 e. The van der Waals surface area contributed by atoms with Crippen molar-refractivity contribution in [2.24, 2.45) is 0 Å². The van der Waals surface area contributed by atoms with Crippen LogP contribution in [-0.2, 0) is 18.3 Å². The topological polar surface area (TPSA) is 37.8 Å². The standard InChI is InChI=1S/C18H21N3/c1-2-19-16-14-9-6-10-15(14)20-17(21-16)18(11-12-18)13-7-4-3-5-8-13/h3-5,7-8H,2,6,9-12H2,1H3,(H,19,20,21). The molecule has 0 radical (unpaired) electrons. The summed E-state index contributed by atoms with van der Waals surface area (Å²) in [6, 6.07) is 10.8. The summed E-state index contributed by atoms with van der Waals surface area (Å²) in [5.41, 5.74) is 4.07. The molecule has 0 bridgehead atoms. The molecule has 2 aliphatic carbocycles. The minimum absolute atomic E-state index is 0.0725. The molecule has 1 heterocycles. The van der Waals surface area contributed by atoms with E-state index < -0.39 is 0 Å². The summed E-state index contributed by atoms with van der Waals surface area (Å²) in [6.07, 6.45) is 5.78. The van der Waals surface area contributed by atoms with Crippen LogP contribution in [0.4, 0.5) is 5.82 Å². The number of hydrogen-bond acceptors (Lipinski definition) is 3. The van der Waals surface area contributed by atoms with Gasteiger partial charge in [-0.2, -0.15) is 0 Å². The van der Waals surface area contributed by atoms with E-state index in [9.17, 15) is 0 Å². The lowest BCUT2D eigenvalue weighted by Crippen LogP contribution is -2.17. The maximum Gasteiger partial charge on any atom is 0.141 e. The van der Waals surface area contributed by atoms with Gasteiger partial charge in [0.2, 0.25) is 0 Å². The molecule has 0 aliphatic heterocycles. The van der Waals surface area contributed by atoms with Crippen molar-refractivity contribution in [1.82, 2.24) is 9.97 Å². The van der Waals surface area contributed by atoms with Crippen LogP contribution < -0.4 is 5.32 Å². The van der Waals surface area contributed by atoms with E-state index in [0.29, 0.717) is 0 Å². The third kappa shape index (κ3) is 2.03. The van der Waals surface area contributed by atoms with Crippen molar-refractivity contribution in [3.8, 4) is 0 Å². The monoisotopic (exact) mass is 279 g/mol. The molecule has 0 spiro atoms. The Labute approximate surface area is 125 Å². The van der Waals surface area contributed by atoms with Crippen LogP contribution in [-0.4, -0.2) is 16.5 Å². The lowest BCUT2D eigenvalue weighted by molar-refractivity contribution is 0.742. The number of rotatable bonds is 4. The Bertz CT molecular complexity index is 660. The minimum atomic E-state index is 0.0725. The summed E-state index contributed by atoms with van der Waals surface area (Å²) in [6.45, 7) is 3.05. The van der Waals surface area contributed by atoms with E-state index in [1.54, 1.807) is 0 Å². The van der Waals surface area contributed by atoms with Crippen molar-refractivity contribution in [1.29, 1.82) is 0 Å². The molecule has 1 saturated carbocycles. The molecule has 0 amide bonds. The Morgan fingerprint density at radius 1 is 1.10 bits per heavy atom. The number of nitrogens with zero attached hydrogens (tertiary/aromatic N) is 2. The fraction of sp³-hybridized carbons (Fsp3) is 0.444. The maximum atomic E-state index is 4.96. The van der Waals surface area contributed by atoms with Gasteiger partial charge in [0.25, 0.3) is 0 Å². The first-order valence-corrected chi connectivity index (χ1v) is 8.03. The van der Waals surface area contributed by atoms with Gasteiger partial charge in [0, 0.05) is 17.8 Å². The summed E-state index contributed by atoms with van der Waals surface area (Å²) in [4.78, 5) is 9.88. The van der Waals surface area contributed by atoms with E-state index in [-0.39, 0.29) is 5.41 Å². The van der Waals surface area contributed by atoms with Crippen LogP contribution in [0.2, 0.25) is 0 Å². The molecule has 2 aliphatic rings. The van der Waals surface area contributed by atoms with Gasteiger partial charge in [-0.25, -0.2) is 9.97 Å². The number of fused-ring (bicyclic) bond motifs is 1. The van der Waals surface area contributed by atoms with Crippen molar-refractivity contribution >= 4 is 5.82 Å². The summed E-state index contributed by atoms with van der Waals surface area (Å²) in [7, 11) is 0. The Morgan fingerprint density at radius 2 is 1.90 bits per heavy atom. The average molecular weight is 279 g/mol. The van der Waals surface area contributed by atoms with Crippen LogP contribution in [0.5, 0.6) is 0 Å². The molecule has 0 atom stereocenters. The summed E-state index contributed by atoms with van der Waals surface area (Å²) in [5, 5.41) is 3.45. The van der Waals surface area contributed by atoms with Crippen LogP contribution in [0.3, 0.4) is 0 Å². The second kappa shape index (κ2) is 4.83. The highest BCUT2D eigenvalue weighted by Gasteiger charge is 2.49. The highest BCUT2D eigenvalue weighted by atomic mass is 15.1. The third-order valence-corrected chi connectivity index (χ3v) is 4.78. The zero-order chi connectivity index (χ0) is 14.3. The molecule has 2 aromatic rings. The van der Waals surface area contributed by atoms with Gasteiger partial charge < -0.3 is 5.32 Å². The average Bonchev–Trinajstić information content (AvgIpc) is 3.20. The van der Waals surface area contributed by atoms with Gasteiger partial charge in [0.05, 0.1) is 5.41 Å². The predicted octanol–water partition coefficient (Wildman–Crippen LogP) is 3.48. The van der Waals surface area contributed by atoms with Gasteiger partial charge in [0.1, 0.15) is 11.6 Å². The van der Waals surface area contributed by atoms with Gasteiger partial charge in [0.15, 0.2) is 0 Å². The Hall–Kier alpha value is -1.90. The van der Waals surface area contributed by atoms with Crippen molar-refractivity contribution < 1.29 is 0 Å². The molecule has 3 heteroatoms. The van der Waals surface area contributed by atoms with Crippen molar-refractivity contribution in [2.45, 2.75) is 44.4 Å². The molecule has 0 unspecified atom stereocenters. The highest BCUT2D eigenvalue weighted by molar-refractivity contribution is 5.51. The summed E-state index contributed by atoms with van der Waals surface area (Å²) in [5.74, 6) is 2.11. The first kappa shape index (κ1) is 12.8. The fourth-order valence-corrected chi connectivity index (χ4v) is 3.48. The molecular formula is C18H21N3. The SMILES string of the molecule is CCNc1nc(C2(c3ccccc3)CC2)nc2c1CCC2. The molecule has 0 saturated heterocycles. The van der Waals surface area contributed by atoms with E-state index in [1.165, 1.54) is 36.1 Å². The van der Waals surface area contributed by atoms with E-state index in [1.807, 2.05) is 0 Å². The zero-order valence-electron chi connectivity index (χ0n) is 12.5. The second-order valence-corrected chi connectivity index (χ2v) is 6.15. The molecule has 108 valence electrons. The molecule has 1 N–H and O–H groups in total. The molecule has 1 aromatic heterocycles. The first-order valence-electron chi connectivity index (χ1n) is 8.03. The molecule has 21 heavy (non-hydrogen) atoms. The first-order chi connectivity index (χ1) is 10.3. The largest absolute Gasteiger partial charge is 0.370 e. The van der Waals surface area contributed by atoms with Crippen molar-refractivity contribution in [3.63, 3.8) is 0 Å².